The van der Waals surface area contributed by atoms with Crippen LogP contribution in [0.3, 0.4) is 0 Å². The summed E-state index contributed by atoms with van der Waals surface area (Å²) in [6.07, 6.45) is 1.37. The number of carbonyl (C=O) groups excluding carboxylic acids is 2. The Morgan fingerprint density at radius 2 is 1.94 bits per heavy atom. The summed E-state index contributed by atoms with van der Waals surface area (Å²) in [5.41, 5.74) is 0.497. The Morgan fingerprint density at radius 1 is 1.29 bits per heavy atom. The van der Waals surface area contributed by atoms with E-state index in [1.54, 1.807) is 24.3 Å². The predicted molar refractivity (Wildman–Crippen MR) is 59.0 cm³/mol. The quantitative estimate of drug-likeness (QED) is 0.795. The lowest BCUT2D eigenvalue weighted by Crippen LogP contribution is -2.46. The minimum absolute atomic E-state index is 0.242. The van der Waals surface area contributed by atoms with Gasteiger partial charge in [-0.15, -0.1) is 0 Å². The second-order valence-corrected chi connectivity index (χ2v) is 3.93. The molecule has 1 aliphatic heterocycles. The van der Waals surface area contributed by atoms with Gasteiger partial charge in [0.1, 0.15) is 0 Å². The Hall–Kier alpha value is -2.01. The highest BCUT2D eigenvalue weighted by molar-refractivity contribution is 6.30. The molecular weight excluding hydrogens is 244 g/mol. The van der Waals surface area contributed by atoms with Crippen molar-refractivity contribution in [3.63, 3.8) is 0 Å². The van der Waals surface area contributed by atoms with E-state index in [0.29, 0.717) is 5.02 Å². The lowest BCUT2D eigenvalue weighted by molar-refractivity contribution is -0.299. The van der Waals surface area contributed by atoms with Crippen LogP contribution in [0.25, 0.3) is 0 Å². The molecule has 0 aromatic heterocycles. The highest BCUT2D eigenvalue weighted by atomic mass is 35.5. The molecule has 0 saturated heterocycles. The van der Waals surface area contributed by atoms with Crippen LogP contribution in [0, 0.1) is 0 Å². The number of urea groups is 1. The van der Waals surface area contributed by atoms with Crippen LogP contribution >= 0.6 is 11.6 Å². The van der Waals surface area contributed by atoms with Crippen LogP contribution in [-0.4, -0.2) is 12.0 Å². The normalized spacial score (nSPS) is 19.0. The average Bonchev–Trinajstić information content (AvgIpc) is 2.29. The first-order valence-electron chi connectivity index (χ1n) is 4.82. The molecule has 0 spiro atoms. The first-order chi connectivity index (χ1) is 8.06. The fourth-order valence-corrected chi connectivity index (χ4v) is 1.64. The van der Waals surface area contributed by atoms with Gasteiger partial charge in [0.2, 0.25) is 0 Å². The Kier molecular flexibility index (Phi) is 3.01. The number of hydrogen-bond acceptors (Lipinski definition) is 3. The highest BCUT2D eigenvalue weighted by Crippen LogP contribution is 2.20. The maximum atomic E-state index is 11.2. The van der Waals surface area contributed by atoms with Crippen molar-refractivity contribution in [1.29, 1.82) is 0 Å². The number of aliphatic carboxylic acids is 1. The molecule has 0 unspecified atom stereocenters. The minimum atomic E-state index is -1.42. The van der Waals surface area contributed by atoms with Crippen LogP contribution < -0.4 is 15.7 Å². The molecule has 1 atom stereocenters. The van der Waals surface area contributed by atoms with Crippen molar-refractivity contribution in [3.8, 4) is 0 Å². The molecular formula is C11H8ClN2O3-. The summed E-state index contributed by atoms with van der Waals surface area (Å²) in [6.45, 7) is 0. The Balaban J connectivity index is 2.32. The van der Waals surface area contributed by atoms with E-state index in [0.717, 1.165) is 5.56 Å². The maximum Gasteiger partial charge on any atom is 0.320 e. The van der Waals surface area contributed by atoms with Gasteiger partial charge in [0, 0.05) is 5.02 Å². The standard InChI is InChI=1S/C11H9ClN2O3/c12-7-3-1-6(2-4-7)8-5-9(10(15)16)14-11(17)13-8/h1-5,8H,(H,15,16)(H2,13,14,17)/p-1/t8-/m0/s1. The monoisotopic (exact) mass is 251 g/mol. The van der Waals surface area contributed by atoms with Crippen LogP contribution in [0.15, 0.2) is 36.0 Å². The van der Waals surface area contributed by atoms with E-state index >= 15 is 0 Å². The first kappa shape index (κ1) is 11.5. The van der Waals surface area contributed by atoms with Gasteiger partial charge in [-0.2, -0.15) is 0 Å². The SMILES string of the molecule is O=C1NC(C(=O)[O-])=C[C@@H](c2ccc(Cl)cc2)N1. The number of carboxylic acids is 1. The third-order valence-electron chi connectivity index (χ3n) is 2.32. The average molecular weight is 252 g/mol. The molecule has 88 valence electrons. The number of halogens is 1. The summed E-state index contributed by atoms with van der Waals surface area (Å²) in [5.74, 6) is -1.42. The summed E-state index contributed by atoms with van der Waals surface area (Å²) in [7, 11) is 0. The zero-order valence-electron chi connectivity index (χ0n) is 8.57. The van der Waals surface area contributed by atoms with Gasteiger partial charge in [-0.3, -0.25) is 0 Å². The van der Waals surface area contributed by atoms with Crippen LogP contribution in [0.5, 0.6) is 0 Å². The molecule has 2 rings (SSSR count). The molecule has 0 radical (unpaired) electrons. The number of carbonyl (C=O) groups is 2. The second kappa shape index (κ2) is 4.47. The van der Waals surface area contributed by atoms with Crippen molar-refractivity contribution in [2.75, 3.05) is 0 Å². The number of amides is 2. The summed E-state index contributed by atoms with van der Waals surface area (Å²) in [4.78, 5) is 21.9. The lowest BCUT2D eigenvalue weighted by Gasteiger charge is -2.24. The Bertz CT molecular complexity index is 496. The van der Waals surface area contributed by atoms with E-state index in [-0.39, 0.29) is 5.70 Å². The van der Waals surface area contributed by atoms with Crippen molar-refractivity contribution >= 4 is 23.6 Å². The van der Waals surface area contributed by atoms with E-state index in [1.807, 2.05) is 0 Å². The molecule has 17 heavy (non-hydrogen) atoms. The van der Waals surface area contributed by atoms with E-state index in [2.05, 4.69) is 10.6 Å². The third-order valence-corrected chi connectivity index (χ3v) is 2.57. The van der Waals surface area contributed by atoms with Crippen LogP contribution in [0.4, 0.5) is 4.79 Å². The highest BCUT2D eigenvalue weighted by Gasteiger charge is 2.19. The molecule has 5 nitrogen and oxygen atoms in total. The molecule has 1 aromatic rings. The van der Waals surface area contributed by atoms with Gasteiger partial charge in [0.25, 0.3) is 0 Å². The van der Waals surface area contributed by atoms with Crippen LogP contribution in [0.1, 0.15) is 11.6 Å². The van der Waals surface area contributed by atoms with Gasteiger partial charge in [-0.25, -0.2) is 4.79 Å². The largest absolute Gasteiger partial charge is 0.543 e. The predicted octanol–water partition coefficient (Wildman–Crippen LogP) is 0.328. The van der Waals surface area contributed by atoms with Gasteiger partial charge in [-0.1, -0.05) is 23.7 Å². The van der Waals surface area contributed by atoms with Gasteiger partial charge in [0.05, 0.1) is 17.7 Å². The molecule has 2 amide bonds. The number of carboxylic acid groups (broad SMARTS) is 1. The number of nitrogens with one attached hydrogen (secondary N) is 2. The maximum absolute atomic E-state index is 11.2. The zero-order chi connectivity index (χ0) is 12.4. The molecule has 2 N–H and O–H groups in total. The van der Waals surface area contributed by atoms with Crippen molar-refractivity contribution in [3.05, 3.63) is 46.6 Å². The summed E-state index contributed by atoms with van der Waals surface area (Å²) >= 11 is 5.74. The van der Waals surface area contributed by atoms with Gasteiger partial charge < -0.3 is 20.5 Å². The van der Waals surface area contributed by atoms with Crippen LogP contribution in [0.2, 0.25) is 5.02 Å². The molecule has 0 saturated carbocycles. The van der Waals surface area contributed by atoms with Crippen LogP contribution in [-0.2, 0) is 4.79 Å². The molecule has 6 heteroatoms. The van der Waals surface area contributed by atoms with Crippen molar-refractivity contribution in [1.82, 2.24) is 10.6 Å². The smallest absolute Gasteiger partial charge is 0.320 e. The van der Waals surface area contributed by atoms with E-state index in [9.17, 15) is 14.7 Å². The van der Waals surface area contributed by atoms with Crippen molar-refractivity contribution in [2.24, 2.45) is 0 Å². The topological polar surface area (TPSA) is 81.3 Å². The molecule has 0 fully saturated rings. The second-order valence-electron chi connectivity index (χ2n) is 3.50. The van der Waals surface area contributed by atoms with E-state index in [4.69, 9.17) is 11.6 Å². The van der Waals surface area contributed by atoms with E-state index in [1.165, 1.54) is 6.08 Å². The number of rotatable bonds is 2. The summed E-state index contributed by atoms with van der Waals surface area (Å²) in [6, 6.07) is 5.67. The summed E-state index contributed by atoms with van der Waals surface area (Å²) in [5, 5.41) is 16.0. The van der Waals surface area contributed by atoms with Gasteiger partial charge in [-0.05, 0) is 23.8 Å². The fraction of sp³-hybridized carbons (Fsp3) is 0.0909. The fourth-order valence-electron chi connectivity index (χ4n) is 1.52. The Morgan fingerprint density at radius 3 is 2.53 bits per heavy atom. The van der Waals surface area contributed by atoms with E-state index < -0.39 is 18.0 Å². The lowest BCUT2D eigenvalue weighted by atomic mass is 10.0. The Labute approximate surface area is 102 Å². The molecule has 1 aliphatic rings. The zero-order valence-corrected chi connectivity index (χ0v) is 9.32. The van der Waals surface area contributed by atoms with Gasteiger partial charge >= 0.3 is 6.03 Å². The first-order valence-corrected chi connectivity index (χ1v) is 5.20. The molecule has 0 bridgehead atoms. The molecule has 1 aromatic carbocycles. The number of benzene rings is 1. The third kappa shape index (κ3) is 2.57. The molecule has 1 heterocycles. The molecule has 0 aliphatic carbocycles. The number of hydrogen-bond donors (Lipinski definition) is 2. The van der Waals surface area contributed by atoms with Crippen molar-refractivity contribution in [2.45, 2.75) is 6.04 Å². The van der Waals surface area contributed by atoms with Gasteiger partial charge in [0.15, 0.2) is 0 Å². The summed E-state index contributed by atoms with van der Waals surface area (Å²) < 4.78 is 0. The minimum Gasteiger partial charge on any atom is -0.543 e. The van der Waals surface area contributed by atoms with Crippen molar-refractivity contribution < 1.29 is 14.7 Å².